The van der Waals surface area contributed by atoms with Gasteiger partial charge >= 0.3 is 0 Å². The minimum atomic E-state index is -0.0538. The van der Waals surface area contributed by atoms with Crippen molar-refractivity contribution in [1.82, 2.24) is 10.8 Å². The summed E-state index contributed by atoms with van der Waals surface area (Å²) >= 11 is 0. The minimum absolute atomic E-state index is 0.0145. The topological polar surface area (TPSA) is 50.4 Å². The molecule has 1 saturated heterocycles. The van der Waals surface area contributed by atoms with Crippen molar-refractivity contribution < 1.29 is 9.63 Å². The Hall–Kier alpha value is -0.610. The van der Waals surface area contributed by atoms with Gasteiger partial charge in [0.15, 0.2) is 0 Å². The van der Waals surface area contributed by atoms with Gasteiger partial charge in [-0.2, -0.15) is 0 Å². The van der Waals surface area contributed by atoms with Crippen molar-refractivity contribution in [3.8, 4) is 0 Å². The van der Waals surface area contributed by atoms with Gasteiger partial charge in [0, 0.05) is 12.5 Å². The van der Waals surface area contributed by atoms with Crippen LogP contribution in [0.2, 0.25) is 0 Å². The zero-order valence-electron chi connectivity index (χ0n) is 7.59. The average molecular weight is 172 g/mol. The van der Waals surface area contributed by atoms with Crippen LogP contribution >= 0.6 is 0 Å². The van der Waals surface area contributed by atoms with Gasteiger partial charge in [-0.05, 0) is 13.0 Å². The van der Waals surface area contributed by atoms with Crippen molar-refractivity contribution in [3.63, 3.8) is 0 Å². The molecule has 1 fully saturated rings. The van der Waals surface area contributed by atoms with Crippen molar-refractivity contribution in [2.45, 2.75) is 26.4 Å². The predicted molar refractivity (Wildman–Crippen MR) is 45.3 cm³/mol. The van der Waals surface area contributed by atoms with Crippen LogP contribution in [0.15, 0.2) is 0 Å². The smallest absolute Gasteiger partial charge is 0.246 e. The first-order chi connectivity index (χ1) is 5.70. The monoisotopic (exact) mass is 172 g/mol. The van der Waals surface area contributed by atoms with Gasteiger partial charge in [0.05, 0.1) is 6.10 Å². The van der Waals surface area contributed by atoms with E-state index in [1.165, 1.54) is 0 Å². The molecule has 0 aromatic carbocycles. The van der Waals surface area contributed by atoms with Gasteiger partial charge in [-0.25, -0.2) is 5.48 Å². The van der Waals surface area contributed by atoms with Crippen LogP contribution in [0.1, 0.15) is 20.3 Å². The highest BCUT2D eigenvalue weighted by atomic mass is 16.7. The zero-order chi connectivity index (χ0) is 8.97. The van der Waals surface area contributed by atoms with Gasteiger partial charge in [-0.1, -0.05) is 13.8 Å². The van der Waals surface area contributed by atoms with Crippen LogP contribution in [0.5, 0.6) is 0 Å². The maximum absolute atomic E-state index is 11.0. The van der Waals surface area contributed by atoms with Crippen LogP contribution in [0, 0.1) is 5.92 Å². The van der Waals surface area contributed by atoms with Gasteiger partial charge in [0.1, 0.15) is 0 Å². The summed E-state index contributed by atoms with van der Waals surface area (Å²) < 4.78 is 0. The Morgan fingerprint density at radius 3 is 2.92 bits per heavy atom. The largest absolute Gasteiger partial charge is 0.314 e. The summed E-state index contributed by atoms with van der Waals surface area (Å²) in [5, 5.41) is 3.15. The van der Waals surface area contributed by atoms with Gasteiger partial charge in [0.2, 0.25) is 5.91 Å². The summed E-state index contributed by atoms with van der Waals surface area (Å²) in [5.41, 5.74) is 2.45. The average Bonchev–Trinajstić information content (AvgIpc) is 2.51. The molecule has 0 radical (unpaired) electrons. The Labute approximate surface area is 72.6 Å². The molecule has 4 nitrogen and oxygen atoms in total. The first-order valence-electron chi connectivity index (χ1n) is 4.36. The van der Waals surface area contributed by atoms with Crippen LogP contribution in [0.25, 0.3) is 0 Å². The quantitative estimate of drug-likeness (QED) is 0.591. The maximum Gasteiger partial charge on any atom is 0.246 e. The molecule has 2 N–H and O–H groups in total. The summed E-state index contributed by atoms with van der Waals surface area (Å²) in [6, 6.07) is 0. The van der Waals surface area contributed by atoms with E-state index in [1.807, 2.05) is 13.8 Å². The number of carbonyl (C=O) groups is 1. The zero-order valence-corrected chi connectivity index (χ0v) is 7.59. The Balaban J connectivity index is 2.12. The number of hydrogen-bond acceptors (Lipinski definition) is 3. The van der Waals surface area contributed by atoms with E-state index < -0.39 is 0 Å². The van der Waals surface area contributed by atoms with Gasteiger partial charge in [0.25, 0.3) is 0 Å². The number of rotatable bonds is 3. The summed E-state index contributed by atoms with van der Waals surface area (Å²) in [6.07, 6.45) is 1.12. The molecule has 0 aromatic heterocycles. The lowest BCUT2D eigenvalue weighted by Crippen LogP contribution is -2.33. The van der Waals surface area contributed by atoms with Gasteiger partial charge in [-0.3, -0.25) is 9.63 Å². The molecule has 1 amide bonds. The Kier molecular flexibility index (Phi) is 3.49. The van der Waals surface area contributed by atoms with E-state index in [0.717, 1.165) is 19.5 Å². The molecule has 0 spiro atoms. The molecule has 1 heterocycles. The van der Waals surface area contributed by atoms with Crippen molar-refractivity contribution in [2.75, 3.05) is 13.1 Å². The van der Waals surface area contributed by atoms with E-state index in [2.05, 4.69) is 10.8 Å². The van der Waals surface area contributed by atoms with E-state index in [0.29, 0.717) is 0 Å². The third kappa shape index (κ3) is 2.79. The van der Waals surface area contributed by atoms with E-state index in [-0.39, 0.29) is 17.9 Å². The Morgan fingerprint density at radius 1 is 1.67 bits per heavy atom. The molecule has 1 rings (SSSR count). The SMILES string of the molecule is CC(C)C(=O)NOC1CCNC1. The lowest BCUT2D eigenvalue weighted by atomic mass is 10.2. The molecular formula is C8H16N2O2. The van der Waals surface area contributed by atoms with Crippen LogP contribution < -0.4 is 10.8 Å². The highest BCUT2D eigenvalue weighted by Gasteiger charge is 2.16. The second-order valence-electron chi connectivity index (χ2n) is 3.35. The third-order valence-electron chi connectivity index (χ3n) is 1.87. The van der Waals surface area contributed by atoms with Crippen molar-refractivity contribution in [3.05, 3.63) is 0 Å². The lowest BCUT2D eigenvalue weighted by Gasteiger charge is -2.11. The van der Waals surface area contributed by atoms with E-state index in [1.54, 1.807) is 0 Å². The van der Waals surface area contributed by atoms with E-state index in [4.69, 9.17) is 4.84 Å². The number of nitrogens with one attached hydrogen (secondary N) is 2. The fraction of sp³-hybridized carbons (Fsp3) is 0.875. The van der Waals surface area contributed by atoms with E-state index in [9.17, 15) is 4.79 Å². The molecule has 0 bridgehead atoms. The van der Waals surface area contributed by atoms with Crippen molar-refractivity contribution in [2.24, 2.45) is 5.92 Å². The predicted octanol–water partition coefficient (Wildman–Crippen LogP) is 0.0521. The third-order valence-corrected chi connectivity index (χ3v) is 1.87. The number of carbonyl (C=O) groups excluding carboxylic acids is 1. The summed E-state index contributed by atoms with van der Waals surface area (Å²) in [5.74, 6) is -0.0683. The maximum atomic E-state index is 11.0. The second-order valence-corrected chi connectivity index (χ2v) is 3.35. The van der Waals surface area contributed by atoms with E-state index >= 15 is 0 Å². The Morgan fingerprint density at radius 2 is 2.42 bits per heavy atom. The molecule has 0 aliphatic carbocycles. The molecule has 70 valence electrons. The standard InChI is InChI=1S/C8H16N2O2/c1-6(2)8(11)10-12-7-3-4-9-5-7/h6-7,9H,3-5H2,1-2H3,(H,10,11). The molecule has 1 aliphatic rings. The normalized spacial score (nSPS) is 23.1. The highest BCUT2D eigenvalue weighted by Crippen LogP contribution is 2.01. The molecule has 12 heavy (non-hydrogen) atoms. The summed E-state index contributed by atoms with van der Waals surface area (Å²) in [6.45, 7) is 5.48. The van der Waals surface area contributed by atoms with Crippen LogP contribution in [-0.2, 0) is 9.63 Å². The fourth-order valence-corrected chi connectivity index (χ4v) is 0.988. The Bertz CT molecular complexity index is 153. The van der Waals surface area contributed by atoms with Gasteiger partial charge in [-0.15, -0.1) is 0 Å². The van der Waals surface area contributed by atoms with Crippen LogP contribution in [0.3, 0.4) is 0 Å². The van der Waals surface area contributed by atoms with Crippen molar-refractivity contribution >= 4 is 5.91 Å². The fourth-order valence-electron chi connectivity index (χ4n) is 0.988. The minimum Gasteiger partial charge on any atom is -0.314 e. The first kappa shape index (κ1) is 9.48. The molecule has 1 atom stereocenters. The van der Waals surface area contributed by atoms with Crippen LogP contribution in [0.4, 0.5) is 0 Å². The second kappa shape index (κ2) is 4.42. The molecule has 0 saturated carbocycles. The molecular weight excluding hydrogens is 156 g/mol. The number of hydroxylamine groups is 1. The van der Waals surface area contributed by atoms with Crippen LogP contribution in [-0.4, -0.2) is 25.1 Å². The van der Waals surface area contributed by atoms with Gasteiger partial charge < -0.3 is 5.32 Å². The first-order valence-corrected chi connectivity index (χ1v) is 4.36. The highest BCUT2D eigenvalue weighted by molar-refractivity contribution is 5.76. The molecule has 4 heteroatoms. The number of amides is 1. The summed E-state index contributed by atoms with van der Waals surface area (Å²) in [4.78, 5) is 16.2. The van der Waals surface area contributed by atoms with Crippen molar-refractivity contribution in [1.29, 1.82) is 0 Å². The molecule has 1 aliphatic heterocycles. The molecule has 1 unspecified atom stereocenters. The molecule has 0 aromatic rings. The lowest BCUT2D eigenvalue weighted by molar-refractivity contribution is -0.140. The summed E-state index contributed by atoms with van der Waals surface area (Å²) in [7, 11) is 0. The number of hydrogen-bond donors (Lipinski definition) is 2.